The maximum Gasteiger partial charge on any atom is 0.285 e. The van der Waals surface area contributed by atoms with Crippen molar-refractivity contribution in [1.29, 1.82) is 0 Å². The lowest BCUT2D eigenvalue weighted by Crippen LogP contribution is -2.25. The minimum Gasteiger partial charge on any atom is -0.345 e. The molecule has 1 atom stereocenters. The van der Waals surface area contributed by atoms with Crippen LogP contribution in [-0.4, -0.2) is 23.2 Å². The van der Waals surface area contributed by atoms with Gasteiger partial charge in [-0.15, -0.1) is 4.40 Å². The van der Waals surface area contributed by atoms with E-state index in [9.17, 15) is 16.8 Å². The van der Waals surface area contributed by atoms with Gasteiger partial charge in [-0.1, -0.05) is 60.7 Å². The molecule has 2 aliphatic rings. The number of fused-ring (bicyclic) bond motifs is 6. The molecule has 0 spiro atoms. The van der Waals surface area contributed by atoms with Crippen molar-refractivity contribution in [2.45, 2.75) is 29.4 Å². The van der Waals surface area contributed by atoms with Gasteiger partial charge in [-0.05, 0) is 64.1 Å². The molecular weight excluding hydrogens is 470 g/mol. The maximum atomic E-state index is 11.9. The van der Waals surface area contributed by atoms with Crippen molar-refractivity contribution in [2.75, 3.05) is 5.32 Å². The number of sulfonamides is 2. The summed E-state index contributed by atoms with van der Waals surface area (Å²) < 4.78 is 49.6. The zero-order valence-electron chi connectivity index (χ0n) is 18.2. The van der Waals surface area contributed by atoms with Gasteiger partial charge < -0.3 is 5.32 Å². The molecule has 0 fully saturated rings. The van der Waals surface area contributed by atoms with E-state index in [1.807, 2.05) is 24.3 Å². The predicted molar refractivity (Wildman–Crippen MR) is 136 cm³/mol. The van der Waals surface area contributed by atoms with Crippen molar-refractivity contribution in [3.05, 3.63) is 83.9 Å². The maximum absolute atomic E-state index is 11.9. The number of aryl methyl sites for hydroxylation is 1. The summed E-state index contributed by atoms with van der Waals surface area (Å²) in [7, 11) is -6.99. The largest absolute Gasteiger partial charge is 0.345 e. The molecule has 1 heterocycles. The first kappa shape index (κ1) is 22.5. The van der Waals surface area contributed by atoms with Crippen molar-refractivity contribution in [3.63, 3.8) is 0 Å². The summed E-state index contributed by atoms with van der Waals surface area (Å²) in [5.41, 5.74) is 2.61. The third-order valence-electron chi connectivity index (χ3n) is 6.29. The lowest BCUT2D eigenvalue weighted by atomic mass is 9.86. The van der Waals surface area contributed by atoms with E-state index in [-0.39, 0.29) is 4.90 Å². The first-order valence-corrected chi connectivity index (χ1v) is 13.9. The molecule has 34 heavy (non-hydrogen) atoms. The van der Waals surface area contributed by atoms with Crippen LogP contribution in [0.3, 0.4) is 0 Å². The molecule has 0 saturated heterocycles. The normalized spacial score (nSPS) is 18.3. The molecule has 9 heteroatoms. The minimum absolute atomic E-state index is 0.229. The number of nitrogens with two attached hydrogens (primary N) is 1. The van der Waals surface area contributed by atoms with Crippen LogP contribution in [0.2, 0.25) is 0 Å². The molecule has 0 bridgehead atoms. The number of primary sulfonamides is 1. The fourth-order valence-electron chi connectivity index (χ4n) is 4.74. The summed E-state index contributed by atoms with van der Waals surface area (Å²) in [6.45, 7) is 0. The van der Waals surface area contributed by atoms with Gasteiger partial charge in [-0.2, -0.15) is 8.42 Å². The first-order chi connectivity index (χ1) is 16.3. The highest BCUT2D eigenvalue weighted by molar-refractivity contribution is 7.90. The van der Waals surface area contributed by atoms with Crippen LogP contribution < -0.4 is 10.5 Å². The number of para-hydroxylation sites is 1. The van der Waals surface area contributed by atoms with Gasteiger partial charge in [0.25, 0.3) is 10.0 Å². The fourth-order valence-corrected chi connectivity index (χ4v) is 6.77. The molecule has 0 radical (unpaired) electrons. The molecule has 4 aromatic carbocycles. The summed E-state index contributed by atoms with van der Waals surface area (Å²) in [6, 6.07) is 23.1. The number of hydrogen-bond acceptors (Lipinski definition) is 5. The zero-order valence-corrected chi connectivity index (χ0v) is 19.8. The molecule has 0 saturated carbocycles. The SMILES string of the molecule is NS(=O)(=O)C1CCCc2c1ccc1c2ccc2ccccc21.O=S1(=O)N=CNc2ccccc21. The monoisotopic (exact) mass is 493 g/mol. The van der Waals surface area contributed by atoms with E-state index in [1.54, 1.807) is 18.2 Å². The molecule has 1 aliphatic carbocycles. The molecule has 4 aromatic rings. The second-order valence-electron chi connectivity index (χ2n) is 8.34. The molecular formula is C25H23N3O4S2. The highest BCUT2D eigenvalue weighted by atomic mass is 32.2. The van der Waals surface area contributed by atoms with E-state index in [4.69, 9.17) is 5.14 Å². The van der Waals surface area contributed by atoms with Gasteiger partial charge >= 0.3 is 0 Å². The summed E-state index contributed by atoms with van der Waals surface area (Å²) in [5.74, 6) is 0. The average molecular weight is 494 g/mol. The van der Waals surface area contributed by atoms with Crippen molar-refractivity contribution in [3.8, 4) is 0 Å². The molecule has 1 unspecified atom stereocenters. The van der Waals surface area contributed by atoms with E-state index in [1.165, 1.54) is 28.6 Å². The second kappa shape index (κ2) is 8.50. The summed E-state index contributed by atoms with van der Waals surface area (Å²) in [4.78, 5) is 0.229. The van der Waals surface area contributed by atoms with Crippen LogP contribution in [0.15, 0.2) is 82.1 Å². The summed E-state index contributed by atoms with van der Waals surface area (Å²) >= 11 is 0. The Morgan fingerprint density at radius 2 is 1.62 bits per heavy atom. The summed E-state index contributed by atoms with van der Waals surface area (Å²) in [6.07, 6.45) is 3.57. The topological polar surface area (TPSA) is 119 Å². The molecule has 7 nitrogen and oxygen atoms in total. The highest BCUT2D eigenvalue weighted by Crippen LogP contribution is 2.39. The van der Waals surface area contributed by atoms with Crippen LogP contribution in [-0.2, 0) is 26.5 Å². The molecule has 6 rings (SSSR count). The third kappa shape index (κ3) is 4.06. The minimum atomic E-state index is -3.55. The van der Waals surface area contributed by atoms with Crippen molar-refractivity contribution < 1.29 is 16.8 Å². The standard InChI is InChI=1S/C18H17NO2S.C7H6N2O2S/c19-22(20,21)18-7-3-6-14-16-9-8-12-4-1-2-5-13(12)15(16)10-11-17(14)18;10-12(11)7-4-2-1-3-6(7)8-5-9-12/h1-2,4-5,8-11,18H,3,6-7H2,(H2,19,20,21);1-5H,(H,8,9). The van der Waals surface area contributed by atoms with E-state index in [2.05, 4.69) is 34.0 Å². The fraction of sp³-hybridized carbons (Fsp3) is 0.160. The van der Waals surface area contributed by atoms with Crippen LogP contribution in [0, 0.1) is 0 Å². The Balaban J connectivity index is 0.000000169. The zero-order chi connectivity index (χ0) is 23.9. The number of nitrogens with one attached hydrogen (secondary N) is 1. The smallest absolute Gasteiger partial charge is 0.285 e. The van der Waals surface area contributed by atoms with Gasteiger partial charge in [-0.3, -0.25) is 0 Å². The third-order valence-corrected chi connectivity index (χ3v) is 8.86. The van der Waals surface area contributed by atoms with Crippen molar-refractivity contribution in [1.82, 2.24) is 0 Å². The van der Waals surface area contributed by atoms with E-state index >= 15 is 0 Å². The number of anilines is 1. The lowest BCUT2D eigenvalue weighted by Gasteiger charge is -2.25. The Labute approximate surface area is 198 Å². The van der Waals surface area contributed by atoms with Crippen LogP contribution in [0.25, 0.3) is 21.5 Å². The van der Waals surface area contributed by atoms with Crippen LogP contribution in [0.4, 0.5) is 5.69 Å². The first-order valence-electron chi connectivity index (χ1n) is 10.8. The quantitative estimate of drug-likeness (QED) is 0.379. The molecule has 0 amide bonds. The Kier molecular flexibility index (Phi) is 5.63. The van der Waals surface area contributed by atoms with Crippen LogP contribution in [0.1, 0.15) is 29.2 Å². The van der Waals surface area contributed by atoms with Gasteiger partial charge in [0, 0.05) is 0 Å². The van der Waals surface area contributed by atoms with Gasteiger partial charge in [0.05, 0.1) is 5.69 Å². The van der Waals surface area contributed by atoms with Gasteiger partial charge in [-0.25, -0.2) is 13.6 Å². The molecule has 3 N–H and O–H groups in total. The predicted octanol–water partition coefficient (Wildman–Crippen LogP) is 4.49. The Hall–Kier alpha value is -3.27. The Bertz CT molecular complexity index is 1660. The number of hydrogen-bond donors (Lipinski definition) is 2. The molecule has 0 aromatic heterocycles. The van der Waals surface area contributed by atoms with Crippen LogP contribution >= 0.6 is 0 Å². The average Bonchev–Trinajstić information content (AvgIpc) is 2.83. The van der Waals surface area contributed by atoms with Gasteiger partial charge in [0.15, 0.2) is 0 Å². The lowest BCUT2D eigenvalue weighted by molar-refractivity contribution is 0.562. The van der Waals surface area contributed by atoms with E-state index in [0.29, 0.717) is 12.1 Å². The van der Waals surface area contributed by atoms with Crippen molar-refractivity contribution >= 4 is 53.6 Å². The Morgan fingerprint density at radius 1 is 0.882 bits per heavy atom. The highest BCUT2D eigenvalue weighted by Gasteiger charge is 2.30. The summed E-state index contributed by atoms with van der Waals surface area (Å²) in [5, 5.41) is 12.4. The van der Waals surface area contributed by atoms with Crippen molar-refractivity contribution in [2.24, 2.45) is 9.54 Å². The molecule has 174 valence electrons. The number of rotatable bonds is 1. The second-order valence-corrected chi connectivity index (χ2v) is 11.7. The van der Waals surface area contributed by atoms with E-state index in [0.717, 1.165) is 29.4 Å². The van der Waals surface area contributed by atoms with Gasteiger partial charge in [0.1, 0.15) is 16.5 Å². The van der Waals surface area contributed by atoms with E-state index < -0.39 is 25.3 Å². The molecule has 1 aliphatic heterocycles. The van der Waals surface area contributed by atoms with Crippen LogP contribution in [0.5, 0.6) is 0 Å². The van der Waals surface area contributed by atoms with Gasteiger partial charge in [0.2, 0.25) is 10.0 Å². The number of nitrogens with zero attached hydrogens (tertiary/aromatic N) is 1. The Morgan fingerprint density at radius 3 is 2.41 bits per heavy atom. The number of benzene rings is 4.